The molecule has 27 heavy (non-hydrogen) atoms. The number of benzene rings is 1. The minimum absolute atomic E-state index is 0.0167. The van der Waals surface area contributed by atoms with Crippen LogP contribution >= 0.6 is 0 Å². The second kappa shape index (κ2) is 5.99. The monoisotopic (exact) mass is 363 g/mol. The smallest absolute Gasteiger partial charge is 0.408 e. The van der Waals surface area contributed by atoms with Gasteiger partial charge >= 0.3 is 5.76 Å². The van der Waals surface area contributed by atoms with Gasteiger partial charge in [0.05, 0.1) is 16.8 Å². The number of amides is 2. The van der Waals surface area contributed by atoms with Crippen molar-refractivity contribution in [3.8, 4) is 11.3 Å². The summed E-state index contributed by atoms with van der Waals surface area (Å²) in [7, 11) is 0. The van der Waals surface area contributed by atoms with Crippen molar-refractivity contribution in [2.24, 2.45) is 5.73 Å². The lowest BCUT2D eigenvalue weighted by atomic mass is 10.1. The number of nitrogens with zero attached hydrogens (tertiary/aromatic N) is 1. The first-order valence-electron chi connectivity index (χ1n) is 7.85. The van der Waals surface area contributed by atoms with E-state index in [0.29, 0.717) is 33.6 Å². The van der Waals surface area contributed by atoms with E-state index in [2.05, 4.69) is 15.3 Å². The molecule has 0 atom stereocenters. The van der Waals surface area contributed by atoms with Crippen molar-refractivity contribution >= 4 is 34.4 Å². The Balaban J connectivity index is 1.67. The molecule has 0 unspecified atom stereocenters. The number of hydrogen-bond donors (Lipinski definition) is 4. The van der Waals surface area contributed by atoms with Gasteiger partial charge in [-0.3, -0.25) is 14.6 Å². The van der Waals surface area contributed by atoms with E-state index in [-0.39, 0.29) is 11.4 Å². The van der Waals surface area contributed by atoms with Gasteiger partial charge in [-0.2, -0.15) is 0 Å². The number of fused-ring (bicyclic) bond motifs is 2. The van der Waals surface area contributed by atoms with Crippen molar-refractivity contribution in [2.75, 3.05) is 11.1 Å². The summed E-state index contributed by atoms with van der Waals surface area (Å²) in [4.78, 5) is 42.0. The van der Waals surface area contributed by atoms with Gasteiger partial charge < -0.3 is 21.2 Å². The number of nitrogens with one attached hydrogen (secondary N) is 2. The standard InChI is InChI=1S/C18H13N5O4/c19-15-14(16(20)24)10-3-1-2-8(6-12(10)22-15)17(25)21-9-4-5-11-13(7-9)27-18(26)23-11/h1-7H,(H2,19,22)(H2,20,24)(H,21,25)(H,23,26). The van der Waals surface area contributed by atoms with E-state index in [4.69, 9.17) is 15.9 Å². The number of anilines is 2. The van der Waals surface area contributed by atoms with Crippen molar-refractivity contribution in [2.45, 2.75) is 0 Å². The fourth-order valence-corrected chi connectivity index (χ4v) is 2.86. The van der Waals surface area contributed by atoms with Gasteiger partial charge in [-0.1, -0.05) is 12.1 Å². The van der Waals surface area contributed by atoms with E-state index in [1.54, 1.807) is 30.3 Å². The number of carbonyl (C=O) groups excluding carboxylic acids is 2. The molecular weight excluding hydrogens is 350 g/mol. The third kappa shape index (κ3) is 2.86. The zero-order valence-electron chi connectivity index (χ0n) is 13.8. The lowest BCUT2D eigenvalue weighted by molar-refractivity contribution is 0.0999. The normalized spacial score (nSPS) is 11.0. The van der Waals surface area contributed by atoms with Crippen molar-refractivity contribution < 1.29 is 14.0 Å². The van der Waals surface area contributed by atoms with E-state index in [9.17, 15) is 14.4 Å². The number of hydrogen-bond acceptors (Lipinski definition) is 6. The number of primary amides is 1. The summed E-state index contributed by atoms with van der Waals surface area (Å²) in [5, 5.41) is 2.72. The molecule has 1 aliphatic heterocycles. The summed E-state index contributed by atoms with van der Waals surface area (Å²) >= 11 is 0. The predicted molar refractivity (Wildman–Crippen MR) is 98.6 cm³/mol. The highest BCUT2D eigenvalue weighted by atomic mass is 16.4. The fourth-order valence-electron chi connectivity index (χ4n) is 2.86. The highest BCUT2D eigenvalue weighted by Gasteiger charge is 2.20. The maximum Gasteiger partial charge on any atom is 0.417 e. The van der Waals surface area contributed by atoms with Crippen LogP contribution in [0.1, 0.15) is 20.7 Å². The van der Waals surface area contributed by atoms with E-state index in [1.165, 1.54) is 12.1 Å². The Labute approximate surface area is 151 Å². The lowest BCUT2D eigenvalue weighted by Crippen LogP contribution is -2.12. The number of nitrogen functional groups attached to an aromatic ring is 1. The summed E-state index contributed by atoms with van der Waals surface area (Å²) in [6.45, 7) is 0. The molecule has 0 radical (unpaired) electrons. The summed E-state index contributed by atoms with van der Waals surface area (Å²) in [5.41, 5.74) is 13.7. The van der Waals surface area contributed by atoms with Gasteiger partial charge in [0.1, 0.15) is 5.82 Å². The van der Waals surface area contributed by atoms with Crippen molar-refractivity contribution in [1.82, 2.24) is 9.97 Å². The van der Waals surface area contributed by atoms with Gasteiger partial charge in [0.2, 0.25) is 0 Å². The second-order valence-electron chi connectivity index (χ2n) is 5.84. The number of H-pyrrole nitrogens is 1. The Hall–Kier alpha value is -4.14. The van der Waals surface area contributed by atoms with Gasteiger partial charge in [-0.15, -0.1) is 0 Å². The van der Waals surface area contributed by atoms with Gasteiger partial charge in [-0.25, -0.2) is 9.78 Å². The molecule has 0 spiro atoms. The number of nitrogens with two attached hydrogens (primary N) is 2. The van der Waals surface area contributed by atoms with Crippen LogP contribution in [0, 0.1) is 0 Å². The molecule has 134 valence electrons. The van der Waals surface area contributed by atoms with Gasteiger partial charge in [-0.05, 0) is 24.3 Å². The molecule has 0 saturated heterocycles. The zero-order chi connectivity index (χ0) is 19.1. The molecule has 2 aromatic rings. The average Bonchev–Trinajstić information content (AvgIpc) is 3.04. The lowest BCUT2D eigenvalue weighted by Gasteiger charge is -2.04. The van der Waals surface area contributed by atoms with Crippen LogP contribution in [0.3, 0.4) is 0 Å². The Morgan fingerprint density at radius 2 is 1.96 bits per heavy atom. The minimum Gasteiger partial charge on any atom is -0.408 e. The zero-order valence-corrected chi connectivity index (χ0v) is 13.8. The van der Waals surface area contributed by atoms with Crippen molar-refractivity contribution in [3.05, 3.63) is 64.1 Å². The third-order valence-electron chi connectivity index (χ3n) is 4.06. The molecule has 9 heteroatoms. The van der Waals surface area contributed by atoms with Crippen molar-refractivity contribution in [1.29, 1.82) is 0 Å². The molecule has 0 bridgehead atoms. The second-order valence-corrected chi connectivity index (χ2v) is 5.84. The van der Waals surface area contributed by atoms with Crippen LogP contribution in [0.2, 0.25) is 0 Å². The molecule has 1 aromatic carbocycles. The Morgan fingerprint density at radius 3 is 2.74 bits per heavy atom. The number of aromatic nitrogens is 2. The summed E-state index contributed by atoms with van der Waals surface area (Å²) in [6, 6.07) is 11.1. The fraction of sp³-hybridized carbons (Fsp3) is 0. The summed E-state index contributed by atoms with van der Waals surface area (Å²) in [5.74, 6) is -1.65. The summed E-state index contributed by atoms with van der Waals surface area (Å²) < 4.78 is 4.98. The number of rotatable bonds is 3. The third-order valence-corrected chi connectivity index (χ3v) is 4.06. The van der Waals surface area contributed by atoms with Crippen LogP contribution < -0.4 is 22.5 Å². The molecule has 9 nitrogen and oxygen atoms in total. The molecular formula is C18H13N5O4. The van der Waals surface area contributed by atoms with Crippen molar-refractivity contribution in [3.63, 3.8) is 0 Å². The van der Waals surface area contributed by atoms with Gasteiger partial charge in [0.15, 0.2) is 5.58 Å². The van der Waals surface area contributed by atoms with Gasteiger partial charge in [0.25, 0.3) is 11.8 Å². The van der Waals surface area contributed by atoms with E-state index in [0.717, 1.165) is 0 Å². The molecule has 1 aromatic heterocycles. The molecule has 1 aliphatic carbocycles. The first-order chi connectivity index (χ1) is 12.9. The van der Waals surface area contributed by atoms with Gasteiger partial charge in [0, 0.05) is 22.9 Å². The molecule has 0 fully saturated rings. The maximum absolute atomic E-state index is 12.6. The number of carbonyl (C=O) groups is 2. The number of aromatic amines is 1. The van der Waals surface area contributed by atoms with E-state index in [1.807, 2.05) is 0 Å². The highest BCUT2D eigenvalue weighted by Crippen LogP contribution is 2.30. The van der Waals surface area contributed by atoms with Crippen LogP contribution in [0.4, 0.5) is 11.5 Å². The Bertz CT molecular complexity index is 1240. The van der Waals surface area contributed by atoms with E-state index >= 15 is 0 Å². The first-order valence-corrected chi connectivity index (χ1v) is 7.85. The van der Waals surface area contributed by atoms with Crippen LogP contribution in [0.15, 0.2) is 51.7 Å². The van der Waals surface area contributed by atoms with Crippen LogP contribution in [-0.2, 0) is 0 Å². The SMILES string of the molecule is NC(=O)c1c2cccc(C(=O)Nc3ccc4[nH]c(=O)oc4c3)cc-2nc1N. The largest absolute Gasteiger partial charge is 0.417 e. The summed E-state index contributed by atoms with van der Waals surface area (Å²) in [6.07, 6.45) is 0. The minimum atomic E-state index is -0.687. The topological polar surface area (TPSA) is 157 Å². The Morgan fingerprint density at radius 1 is 1.15 bits per heavy atom. The van der Waals surface area contributed by atoms with E-state index < -0.39 is 17.6 Å². The number of oxazole rings is 1. The molecule has 6 N–H and O–H groups in total. The molecule has 2 aliphatic rings. The quantitative estimate of drug-likeness (QED) is 0.432. The average molecular weight is 363 g/mol. The van der Waals surface area contributed by atoms with Crippen LogP contribution in [0.25, 0.3) is 22.4 Å². The van der Waals surface area contributed by atoms with Crippen LogP contribution in [0.5, 0.6) is 0 Å². The predicted octanol–water partition coefficient (Wildman–Crippen LogP) is 1.55. The van der Waals surface area contributed by atoms with Crippen LogP contribution in [-0.4, -0.2) is 21.8 Å². The maximum atomic E-state index is 12.6. The molecule has 0 saturated carbocycles. The molecule has 2 amide bonds. The first kappa shape index (κ1) is 16.3. The Kier molecular flexibility index (Phi) is 3.62. The highest BCUT2D eigenvalue weighted by molar-refractivity contribution is 6.08. The molecule has 2 heterocycles. The molecule has 4 rings (SSSR count).